The van der Waals surface area contributed by atoms with E-state index in [1.54, 1.807) is 0 Å². The number of H-pyrrole nitrogens is 1. The molecule has 1 aromatic heterocycles. The van der Waals surface area contributed by atoms with Crippen LogP contribution in [0.15, 0.2) is 21.9 Å². The van der Waals surface area contributed by atoms with E-state index in [4.69, 9.17) is 13.9 Å². The van der Waals surface area contributed by atoms with Crippen LogP contribution in [0, 0.1) is 0 Å². The Bertz CT molecular complexity index is 823. The Morgan fingerprint density at radius 3 is 2.44 bits per heavy atom. The summed E-state index contributed by atoms with van der Waals surface area (Å²) in [5.41, 5.74) is -2.30. The highest BCUT2D eigenvalue weighted by atomic mass is 28.4. The number of methoxy groups -OCH3 is 1. The van der Waals surface area contributed by atoms with E-state index in [9.17, 15) is 14.4 Å². The van der Waals surface area contributed by atoms with Crippen LogP contribution in [0.1, 0.15) is 27.0 Å². The highest BCUT2D eigenvalue weighted by Crippen LogP contribution is 2.56. The van der Waals surface area contributed by atoms with Gasteiger partial charge in [-0.1, -0.05) is 20.8 Å². The van der Waals surface area contributed by atoms with E-state index >= 15 is 0 Å². The summed E-state index contributed by atoms with van der Waals surface area (Å²) in [6.07, 6.45) is -1.01. The second-order valence-electron chi connectivity index (χ2n) is 8.10. The minimum absolute atomic E-state index is 0.0969. The quantitative estimate of drug-likeness (QED) is 0.789. The Hall–Kier alpha value is -1.55. The molecule has 1 N–H and O–H groups in total. The Kier molecular flexibility index (Phi) is 3.99. The zero-order chi connectivity index (χ0) is 18.8. The number of Topliss-reactive ketones (excluding diaryl/α,β-unsaturated/α-hetero) is 1. The summed E-state index contributed by atoms with van der Waals surface area (Å²) in [5, 5.41) is -0.0969. The number of nitrogens with one attached hydrogen (secondary N) is 1. The average molecular weight is 368 g/mol. The molecule has 0 radical (unpaired) electrons. The summed E-state index contributed by atoms with van der Waals surface area (Å²) in [6.45, 7) is 10.4. The van der Waals surface area contributed by atoms with Crippen molar-refractivity contribution in [1.29, 1.82) is 0 Å². The summed E-state index contributed by atoms with van der Waals surface area (Å²) >= 11 is 0. The molecule has 0 aromatic carbocycles. The van der Waals surface area contributed by atoms with E-state index in [-0.39, 0.29) is 10.8 Å². The fraction of sp³-hybridized carbons (Fsp3) is 0.688. The van der Waals surface area contributed by atoms with Crippen molar-refractivity contribution in [3.63, 3.8) is 0 Å². The third kappa shape index (κ3) is 2.57. The van der Waals surface area contributed by atoms with Gasteiger partial charge in [0.2, 0.25) is 5.78 Å². The molecule has 8 nitrogen and oxygen atoms in total. The van der Waals surface area contributed by atoms with Crippen molar-refractivity contribution in [2.45, 2.75) is 62.9 Å². The van der Waals surface area contributed by atoms with Crippen LogP contribution in [0.3, 0.4) is 0 Å². The molecule has 1 unspecified atom stereocenters. The van der Waals surface area contributed by atoms with E-state index < -0.39 is 43.6 Å². The first-order valence-corrected chi connectivity index (χ1v) is 11.1. The van der Waals surface area contributed by atoms with E-state index in [0.717, 1.165) is 0 Å². The zero-order valence-corrected chi connectivity index (χ0v) is 16.3. The van der Waals surface area contributed by atoms with E-state index in [1.807, 2.05) is 0 Å². The van der Waals surface area contributed by atoms with Gasteiger partial charge in [0.15, 0.2) is 26.3 Å². The maximum Gasteiger partial charge on any atom is 0.330 e. The monoisotopic (exact) mass is 368 g/mol. The molecule has 3 rings (SSSR count). The first-order chi connectivity index (χ1) is 11.5. The van der Waals surface area contributed by atoms with E-state index in [1.165, 1.54) is 23.9 Å². The summed E-state index contributed by atoms with van der Waals surface area (Å²) in [6, 6.07) is 1.23. The number of nitrogens with zero attached hydrogens (tertiary/aromatic N) is 1. The first-order valence-electron chi connectivity index (χ1n) is 8.20. The molecule has 1 aliphatic heterocycles. The number of carbonyl (C=O) groups is 1. The van der Waals surface area contributed by atoms with Crippen LogP contribution in [-0.2, 0) is 18.7 Å². The van der Waals surface area contributed by atoms with Gasteiger partial charge in [-0.2, -0.15) is 0 Å². The van der Waals surface area contributed by atoms with Gasteiger partial charge in [-0.3, -0.25) is 19.1 Å². The molecule has 1 aliphatic carbocycles. The second kappa shape index (κ2) is 5.47. The van der Waals surface area contributed by atoms with Gasteiger partial charge in [0.1, 0.15) is 6.10 Å². The molecule has 2 fully saturated rings. The molecule has 1 saturated carbocycles. The van der Waals surface area contributed by atoms with Gasteiger partial charge in [0, 0.05) is 19.4 Å². The van der Waals surface area contributed by atoms with Gasteiger partial charge >= 0.3 is 5.69 Å². The minimum atomic E-state index is -2.28. The molecule has 138 valence electrons. The second-order valence-corrected chi connectivity index (χ2v) is 12.8. The summed E-state index contributed by atoms with van der Waals surface area (Å²) in [4.78, 5) is 38.0. The first kappa shape index (κ1) is 18.2. The lowest BCUT2D eigenvalue weighted by atomic mass is 10.1. The summed E-state index contributed by atoms with van der Waals surface area (Å²) in [5.74, 6) is -0.155. The van der Waals surface area contributed by atoms with Crippen LogP contribution in [0.2, 0.25) is 18.1 Å². The SMILES string of the molecule is CO[C@H]1[C@H](n2ccc(=O)[nH]c2=O)O[C@@H]2C(=O)C21O[Si](C)(C)C(C)(C)C. The van der Waals surface area contributed by atoms with Crippen molar-refractivity contribution in [2.24, 2.45) is 0 Å². The largest absolute Gasteiger partial charge is 0.400 e. The normalized spacial score (nSPS) is 31.9. The van der Waals surface area contributed by atoms with Gasteiger partial charge in [0.05, 0.1) is 0 Å². The molecular formula is C16H24N2O6Si. The number of rotatable bonds is 4. The van der Waals surface area contributed by atoms with Gasteiger partial charge in [0.25, 0.3) is 5.56 Å². The van der Waals surface area contributed by atoms with Gasteiger partial charge < -0.3 is 13.9 Å². The van der Waals surface area contributed by atoms with Crippen LogP contribution in [-0.4, -0.2) is 48.6 Å². The standard InChI is InChI=1S/C16H24N2O6Si/c1-15(2,3)25(5,6)24-16-10(20)11(16)23-13(12(16)22-4)18-8-7-9(19)17-14(18)21/h7-8,11-13H,1-6H3,(H,17,19,21)/t11-,12+,13-,16?/m1/s1. The van der Waals surface area contributed by atoms with Crippen molar-refractivity contribution in [3.8, 4) is 0 Å². The Morgan fingerprint density at radius 2 is 1.92 bits per heavy atom. The lowest BCUT2D eigenvalue weighted by molar-refractivity contribution is -0.135. The predicted molar refractivity (Wildman–Crippen MR) is 92.0 cm³/mol. The molecule has 1 aromatic rings. The number of hydrogen-bond acceptors (Lipinski definition) is 6. The van der Waals surface area contributed by atoms with Crippen molar-refractivity contribution in [1.82, 2.24) is 9.55 Å². The molecule has 9 heteroatoms. The van der Waals surface area contributed by atoms with Crippen molar-refractivity contribution < 1.29 is 18.7 Å². The molecule has 4 atom stereocenters. The van der Waals surface area contributed by atoms with E-state index in [0.29, 0.717) is 0 Å². The lowest BCUT2D eigenvalue weighted by Crippen LogP contribution is -2.51. The average Bonchev–Trinajstić information content (AvgIpc) is 2.87. The Balaban J connectivity index is 1.98. The smallest absolute Gasteiger partial charge is 0.330 e. The van der Waals surface area contributed by atoms with Gasteiger partial charge in [-0.25, -0.2) is 4.79 Å². The highest BCUT2D eigenvalue weighted by molar-refractivity contribution is 6.74. The van der Waals surface area contributed by atoms with Gasteiger partial charge in [-0.05, 0) is 18.1 Å². The van der Waals surface area contributed by atoms with Crippen LogP contribution >= 0.6 is 0 Å². The van der Waals surface area contributed by atoms with Crippen molar-refractivity contribution >= 4 is 14.1 Å². The number of ketones is 1. The Labute approximate surface area is 146 Å². The third-order valence-electron chi connectivity index (χ3n) is 5.50. The maximum absolute atomic E-state index is 12.5. The molecule has 0 amide bonds. The lowest BCUT2D eigenvalue weighted by Gasteiger charge is -2.40. The molecular weight excluding hydrogens is 344 g/mol. The number of carbonyl (C=O) groups excluding carboxylic acids is 1. The van der Waals surface area contributed by atoms with Crippen molar-refractivity contribution in [3.05, 3.63) is 33.1 Å². The molecule has 1 saturated heterocycles. The zero-order valence-electron chi connectivity index (χ0n) is 15.3. The van der Waals surface area contributed by atoms with Crippen LogP contribution < -0.4 is 11.2 Å². The number of aromatic nitrogens is 2. The minimum Gasteiger partial charge on any atom is -0.400 e. The Morgan fingerprint density at radius 1 is 1.28 bits per heavy atom. The van der Waals surface area contributed by atoms with Crippen molar-refractivity contribution in [2.75, 3.05) is 7.11 Å². The van der Waals surface area contributed by atoms with Gasteiger partial charge in [-0.15, -0.1) is 0 Å². The fourth-order valence-electron chi connectivity index (χ4n) is 3.02. The number of fused-ring (bicyclic) bond motifs is 1. The summed E-state index contributed by atoms with van der Waals surface area (Å²) in [7, 11) is -0.819. The molecule has 0 bridgehead atoms. The molecule has 25 heavy (non-hydrogen) atoms. The summed E-state index contributed by atoms with van der Waals surface area (Å²) < 4.78 is 19.0. The van der Waals surface area contributed by atoms with Crippen LogP contribution in [0.4, 0.5) is 0 Å². The molecule has 2 aliphatic rings. The van der Waals surface area contributed by atoms with Crippen LogP contribution in [0.25, 0.3) is 0 Å². The molecule has 0 spiro atoms. The maximum atomic E-state index is 12.5. The predicted octanol–water partition coefficient (Wildman–Crippen LogP) is 0.792. The topological polar surface area (TPSA) is 99.6 Å². The highest BCUT2D eigenvalue weighted by Gasteiger charge is 2.80. The fourth-order valence-corrected chi connectivity index (χ4v) is 4.49. The number of hydrogen-bond donors (Lipinski definition) is 1. The number of aromatic amines is 1. The van der Waals surface area contributed by atoms with Crippen LogP contribution in [0.5, 0.6) is 0 Å². The third-order valence-corrected chi connectivity index (χ3v) is 9.96. The van der Waals surface area contributed by atoms with E-state index in [2.05, 4.69) is 38.8 Å². The molecule has 2 heterocycles. The number of ether oxygens (including phenoxy) is 2.